The Bertz CT molecular complexity index is 651. The van der Waals surface area contributed by atoms with Crippen molar-refractivity contribution in [1.29, 1.82) is 5.26 Å². The van der Waals surface area contributed by atoms with Gasteiger partial charge in [-0.15, -0.1) is 0 Å². The smallest absolute Gasteiger partial charge is 0.337 e. The molecule has 0 atom stereocenters. The van der Waals surface area contributed by atoms with Gasteiger partial charge in [0.15, 0.2) is 0 Å². The summed E-state index contributed by atoms with van der Waals surface area (Å²) < 4.78 is 25.1. The molecule has 1 aromatic carbocycles. The molecular weight excluding hydrogens is 268 g/mol. The molecule has 7 heteroatoms. The molecule has 19 heavy (non-hydrogen) atoms. The molecule has 6 nitrogen and oxygen atoms in total. The van der Waals surface area contributed by atoms with Crippen LogP contribution in [0.1, 0.15) is 36.7 Å². The van der Waals surface area contributed by atoms with Crippen LogP contribution in [0.25, 0.3) is 0 Å². The fourth-order valence-corrected chi connectivity index (χ4v) is 1.95. The highest BCUT2D eigenvalue weighted by Gasteiger charge is 2.30. The van der Waals surface area contributed by atoms with E-state index in [1.54, 1.807) is 0 Å². The number of sulfonamides is 1. The lowest BCUT2D eigenvalue weighted by molar-refractivity contribution is 0.0698. The average Bonchev–Trinajstić information content (AvgIpc) is 2.26. The standard InChI is InChI=1S/C12H14N2O4S/c1-12(2,3)19(17,18)14-10-6-8(7-13)4-5-9(10)11(15)16/h4-6,14H,1-3H3,(H,15,16). The molecule has 2 N–H and O–H groups in total. The third-order valence-corrected chi connectivity index (χ3v) is 4.53. The monoisotopic (exact) mass is 282 g/mol. The molecule has 0 radical (unpaired) electrons. The van der Waals surface area contributed by atoms with Crippen molar-refractivity contribution in [3.8, 4) is 6.07 Å². The first-order chi connectivity index (χ1) is 8.58. The molecule has 0 amide bonds. The second-order valence-electron chi connectivity index (χ2n) is 4.90. The number of anilines is 1. The average molecular weight is 282 g/mol. The van der Waals surface area contributed by atoms with Crippen LogP contribution in [0.2, 0.25) is 0 Å². The molecule has 1 aromatic rings. The van der Waals surface area contributed by atoms with E-state index in [0.717, 1.165) is 0 Å². The Kier molecular flexibility index (Phi) is 3.86. The summed E-state index contributed by atoms with van der Waals surface area (Å²) in [5.41, 5.74) is -0.134. The highest BCUT2D eigenvalue weighted by Crippen LogP contribution is 2.23. The summed E-state index contributed by atoms with van der Waals surface area (Å²) in [6, 6.07) is 5.55. The van der Waals surface area contributed by atoms with Crippen molar-refractivity contribution >= 4 is 21.7 Å². The van der Waals surface area contributed by atoms with Gasteiger partial charge in [0.1, 0.15) is 0 Å². The Labute approximate surface area is 111 Å². The Morgan fingerprint density at radius 3 is 2.37 bits per heavy atom. The molecule has 0 aromatic heterocycles. The Morgan fingerprint density at radius 2 is 1.95 bits per heavy atom. The maximum atomic E-state index is 12.0. The van der Waals surface area contributed by atoms with Crippen molar-refractivity contribution < 1.29 is 18.3 Å². The molecule has 0 aliphatic rings. The lowest BCUT2D eigenvalue weighted by Crippen LogP contribution is -2.34. The fraction of sp³-hybridized carbons (Fsp3) is 0.333. The minimum absolute atomic E-state index is 0.110. The quantitative estimate of drug-likeness (QED) is 0.878. The maximum Gasteiger partial charge on any atom is 0.337 e. The second-order valence-corrected chi connectivity index (χ2v) is 7.33. The zero-order valence-electron chi connectivity index (χ0n) is 10.8. The van der Waals surface area contributed by atoms with Gasteiger partial charge in [0.25, 0.3) is 0 Å². The highest BCUT2D eigenvalue weighted by atomic mass is 32.2. The van der Waals surface area contributed by atoms with Crippen LogP contribution in [0.15, 0.2) is 18.2 Å². The Hall–Kier alpha value is -2.07. The molecule has 0 saturated carbocycles. The van der Waals surface area contributed by atoms with Crippen molar-refractivity contribution in [2.24, 2.45) is 0 Å². The molecule has 0 aliphatic heterocycles. The first kappa shape index (κ1) is 15.0. The predicted octanol–water partition coefficient (Wildman–Crippen LogP) is 1.80. The van der Waals surface area contributed by atoms with Crippen molar-refractivity contribution in [1.82, 2.24) is 0 Å². The summed E-state index contributed by atoms with van der Waals surface area (Å²) in [6.45, 7) is 4.47. The third-order valence-electron chi connectivity index (χ3n) is 2.43. The lowest BCUT2D eigenvalue weighted by Gasteiger charge is -2.21. The van der Waals surface area contributed by atoms with Crippen LogP contribution in [-0.4, -0.2) is 24.2 Å². The predicted molar refractivity (Wildman–Crippen MR) is 70.4 cm³/mol. The molecule has 0 aliphatic carbocycles. The molecule has 0 saturated heterocycles. The third kappa shape index (κ3) is 3.23. The van der Waals surface area contributed by atoms with E-state index in [4.69, 9.17) is 10.4 Å². The van der Waals surface area contributed by atoms with E-state index in [9.17, 15) is 13.2 Å². The molecule has 102 valence electrons. The van der Waals surface area contributed by atoms with Crippen molar-refractivity contribution in [2.75, 3.05) is 4.72 Å². The fourth-order valence-electron chi connectivity index (χ4n) is 1.18. The molecule has 0 unspecified atom stereocenters. The number of carbonyl (C=O) groups is 1. The van der Waals surface area contributed by atoms with E-state index in [-0.39, 0.29) is 16.8 Å². The Balaban J connectivity index is 3.35. The van der Waals surface area contributed by atoms with Crippen LogP contribution in [-0.2, 0) is 10.0 Å². The van der Waals surface area contributed by atoms with Crippen LogP contribution in [0, 0.1) is 11.3 Å². The zero-order valence-corrected chi connectivity index (χ0v) is 11.6. The van der Waals surface area contributed by atoms with Crippen LogP contribution >= 0.6 is 0 Å². The summed E-state index contributed by atoms with van der Waals surface area (Å²) in [7, 11) is -3.75. The van der Waals surface area contributed by atoms with E-state index in [2.05, 4.69) is 4.72 Å². The topological polar surface area (TPSA) is 107 Å². The second kappa shape index (κ2) is 4.90. The van der Waals surface area contributed by atoms with E-state index in [0.29, 0.717) is 0 Å². The molecule has 0 heterocycles. The van der Waals surface area contributed by atoms with Gasteiger partial charge in [-0.3, -0.25) is 4.72 Å². The number of nitrogens with one attached hydrogen (secondary N) is 1. The van der Waals surface area contributed by atoms with Gasteiger partial charge in [-0.05, 0) is 39.0 Å². The summed E-state index contributed by atoms with van der Waals surface area (Å²) in [5.74, 6) is -1.27. The normalized spacial score (nSPS) is 11.7. The molecule has 1 rings (SSSR count). The van der Waals surface area contributed by atoms with Gasteiger partial charge in [-0.1, -0.05) is 0 Å². The molecule has 0 fully saturated rings. The largest absolute Gasteiger partial charge is 0.478 e. The lowest BCUT2D eigenvalue weighted by atomic mass is 10.1. The van der Waals surface area contributed by atoms with E-state index < -0.39 is 20.7 Å². The van der Waals surface area contributed by atoms with Crippen molar-refractivity contribution in [2.45, 2.75) is 25.5 Å². The van der Waals surface area contributed by atoms with Crippen LogP contribution in [0.5, 0.6) is 0 Å². The molecular formula is C12H14N2O4S. The molecule has 0 spiro atoms. The summed E-state index contributed by atoms with van der Waals surface area (Å²) in [4.78, 5) is 11.0. The van der Waals surface area contributed by atoms with Gasteiger partial charge in [0.05, 0.1) is 27.6 Å². The van der Waals surface area contributed by atoms with Gasteiger partial charge in [-0.25, -0.2) is 13.2 Å². The number of carboxylic acids is 1. The number of hydrogen-bond acceptors (Lipinski definition) is 4. The zero-order chi connectivity index (χ0) is 14.8. The SMILES string of the molecule is CC(C)(C)S(=O)(=O)Nc1cc(C#N)ccc1C(=O)O. The summed E-state index contributed by atoms with van der Waals surface area (Å²) in [6.07, 6.45) is 0. The Morgan fingerprint density at radius 1 is 1.37 bits per heavy atom. The van der Waals surface area contributed by atoms with Crippen LogP contribution in [0.3, 0.4) is 0 Å². The van der Waals surface area contributed by atoms with E-state index in [1.165, 1.54) is 39.0 Å². The highest BCUT2D eigenvalue weighted by molar-refractivity contribution is 7.94. The number of hydrogen-bond donors (Lipinski definition) is 2. The number of rotatable bonds is 3. The van der Waals surface area contributed by atoms with Crippen LogP contribution in [0.4, 0.5) is 5.69 Å². The van der Waals surface area contributed by atoms with E-state index >= 15 is 0 Å². The van der Waals surface area contributed by atoms with Crippen molar-refractivity contribution in [3.05, 3.63) is 29.3 Å². The van der Waals surface area contributed by atoms with Gasteiger partial charge in [-0.2, -0.15) is 5.26 Å². The maximum absolute atomic E-state index is 12.0. The molecule has 0 bridgehead atoms. The number of nitriles is 1. The minimum atomic E-state index is -3.75. The summed E-state index contributed by atoms with van der Waals surface area (Å²) in [5, 5.41) is 17.8. The van der Waals surface area contributed by atoms with Gasteiger partial charge in [0, 0.05) is 0 Å². The van der Waals surface area contributed by atoms with Gasteiger partial charge in [0.2, 0.25) is 10.0 Å². The number of carboxylic acid groups (broad SMARTS) is 1. The minimum Gasteiger partial charge on any atom is -0.478 e. The summed E-state index contributed by atoms with van der Waals surface area (Å²) >= 11 is 0. The van der Waals surface area contributed by atoms with Crippen molar-refractivity contribution in [3.63, 3.8) is 0 Å². The number of nitrogens with zero attached hydrogens (tertiary/aromatic N) is 1. The van der Waals surface area contributed by atoms with Gasteiger partial charge < -0.3 is 5.11 Å². The van der Waals surface area contributed by atoms with Gasteiger partial charge >= 0.3 is 5.97 Å². The first-order valence-corrected chi connectivity index (χ1v) is 6.86. The number of aromatic carboxylic acids is 1. The van der Waals surface area contributed by atoms with E-state index in [1.807, 2.05) is 6.07 Å². The first-order valence-electron chi connectivity index (χ1n) is 5.38. The van der Waals surface area contributed by atoms with Crippen LogP contribution < -0.4 is 4.72 Å². The number of benzene rings is 1.